The van der Waals surface area contributed by atoms with Gasteiger partial charge in [0.05, 0.1) is 0 Å². The number of rotatable bonds is 3. The number of hydrogen-bond donors (Lipinski definition) is 1. The highest BCUT2D eigenvalue weighted by Gasteiger charge is 2.27. The molecule has 0 spiro atoms. The summed E-state index contributed by atoms with van der Waals surface area (Å²) in [7, 11) is 0. The largest absolute Gasteiger partial charge is 0.353 e. The average Bonchev–Trinajstić information content (AvgIpc) is 2.51. The average molecular weight is 183 g/mol. The molecule has 1 rings (SSSR count). The molecule has 0 unspecified atom stereocenters. The molecule has 2 heteroatoms. The molecule has 1 amide bonds. The van der Waals surface area contributed by atoms with Crippen molar-refractivity contribution in [3.05, 3.63) is 0 Å². The van der Waals surface area contributed by atoms with Crippen LogP contribution in [0.15, 0.2) is 0 Å². The smallest absolute Gasteiger partial charge is 0.222 e. The Hall–Kier alpha value is -0.530. The van der Waals surface area contributed by atoms with Gasteiger partial charge in [-0.25, -0.2) is 0 Å². The van der Waals surface area contributed by atoms with Gasteiger partial charge in [0, 0.05) is 12.0 Å². The molecular weight excluding hydrogens is 162 g/mol. The number of hydrogen-bond acceptors (Lipinski definition) is 1. The van der Waals surface area contributed by atoms with Crippen LogP contribution in [0.2, 0.25) is 0 Å². The molecule has 0 bridgehead atoms. The summed E-state index contributed by atoms with van der Waals surface area (Å²) < 4.78 is 0. The van der Waals surface area contributed by atoms with Crippen LogP contribution in [-0.4, -0.2) is 11.9 Å². The molecule has 2 atom stereocenters. The van der Waals surface area contributed by atoms with Crippen molar-refractivity contribution in [2.24, 2.45) is 11.8 Å². The first-order valence-corrected chi connectivity index (χ1v) is 5.45. The van der Waals surface area contributed by atoms with Gasteiger partial charge in [0.2, 0.25) is 5.91 Å². The van der Waals surface area contributed by atoms with E-state index < -0.39 is 0 Å². The van der Waals surface area contributed by atoms with Crippen molar-refractivity contribution in [2.45, 2.75) is 52.5 Å². The minimum atomic E-state index is 0.123. The van der Waals surface area contributed by atoms with E-state index in [0.29, 0.717) is 6.04 Å². The lowest BCUT2D eigenvalue weighted by atomic mass is 10.00. The second-order valence-electron chi connectivity index (χ2n) is 4.37. The molecule has 1 saturated carbocycles. The monoisotopic (exact) mass is 183 g/mol. The lowest BCUT2D eigenvalue weighted by molar-refractivity contribution is -0.124. The van der Waals surface area contributed by atoms with E-state index in [4.69, 9.17) is 0 Å². The van der Waals surface area contributed by atoms with Crippen LogP contribution < -0.4 is 5.32 Å². The Balaban J connectivity index is 2.39. The predicted octanol–water partition coefficient (Wildman–Crippen LogP) is 2.34. The van der Waals surface area contributed by atoms with Gasteiger partial charge < -0.3 is 5.32 Å². The number of amides is 1. The first-order valence-electron chi connectivity index (χ1n) is 5.45. The summed E-state index contributed by atoms with van der Waals surface area (Å²) in [6, 6.07) is 0.458. The van der Waals surface area contributed by atoms with Crippen LogP contribution in [0.4, 0.5) is 0 Å². The fourth-order valence-electron chi connectivity index (χ4n) is 2.06. The van der Waals surface area contributed by atoms with Gasteiger partial charge in [-0.15, -0.1) is 0 Å². The predicted molar refractivity (Wildman–Crippen MR) is 54.4 cm³/mol. The van der Waals surface area contributed by atoms with E-state index in [9.17, 15) is 4.79 Å². The van der Waals surface area contributed by atoms with Crippen molar-refractivity contribution in [3.8, 4) is 0 Å². The van der Waals surface area contributed by atoms with Crippen molar-refractivity contribution in [2.75, 3.05) is 0 Å². The van der Waals surface area contributed by atoms with Gasteiger partial charge in [0.1, 0.15) is 0 Å². The van der Waals surface area contributed by atoms with Crippen molar-refractivity contribution < 1.29 is 4.79 Å². The Bertz CT molecular complexity index is 177. The molecule has 0 aromatic heterocycles. The second kappa shape index (κ2) is 4.64. The molecule has 2 nitrogen and oxygen atoms in total. The zero-order chi connectivity index (χ0) is 9.84. The summed E-state index contributed by atoms with van der Waals surface area (Å²) in [4.78, 5) is 11.4. The first-order chi connectivity index (χ1) is 6.15. The molecular formula is C11H21NO. The molecule has 0 aromatic rings. The highest BCUT2D eigenvalue weighted by Crippen LogP contribution is 2.28. The van der Waals surface area contributed by atoms with E-state index in [1.165, 1.54) is 25.7 Å². The van der Waals surface area contributed by atoms with Gasteiger partial charge in [-0.1, -0.05) is 33.6 Å². The van der Waals surface area contributed by atoms with Crippen molar-refractivity contribution >= 4 is 5.91 Å². The topological polar surface area (TPSA) is 29.1 Å². The maximum atomic E-state index is 11.4. The Morgan fingerprint density at radius 1 is 1.46 bits per heavy atom. The SMILES string of the molecule is CC[C@H]1CCC[C@H]1NC(=O)C(C)C. The number of carbonyl (C=O) groups is 1. The molecule has 0 aromatic carbocycles. The lowest BCUT2D eigenvalue weighted by Gasteiger charge is -2.20. The third kappa shape index (κ3) is 2.71. The van der Waals surface area contributed by atoms with Crippen LogP contribution in [0.3, 0.4) is 0 Å². The summed E-state index contributed by atoms with van der Waals surface area (Å²) in [5, 5.41) is 3.14. The third-order valence-corrected chi connectivity index (χ3v) is 3.04. The highest BCUT2D eigenvalue weighted by molar-refractivity contribution is 5.78. The van der Waals surface area contributed by atoms with Gasteiger partial charge in [0.25, 0.3) is 0 Å². The summed E-state index contributed by atoms with van der Waals surface area (Å²) in [6.07, 6.45) is 4.95. The molecule has 1 aliphatic rings. The van der Waals surface area contributed by atoms with E-state index in [1.807, 2.05) is 13.8 Å². The second-order valence-corrected chi connectivity index (χ2v) is 4.37. The summed E-state index contributed by atoms with van der Waals surface area (Å²) >= 11 is 0. The van der Waals surface area contributed by atoms with Gasteiger partial charge >= 0.3 is 0 Å². The van der Waals surface area contributed by atoms with E-state index in [-0.39, 0.29) is 11.8 Å². The van der Waals surface area contributed by atoms with E-state index in [2.05, 4.69) is 12.2 Å². The molecule has 1 N–H and O–H groups in total. The minimum Gasteiger partial charge on any atom is -0.353 e. The van der Waals surface area contributed by atoms with Crippen LogP contribution in [0.25, 0.3) is 0 Å². The summed E-state index contributed by atoms with van der Waals surface area (Å²) in [5.41, 5.74) is 0. The van der Waals surface area contributed by atoms with Crippen molar-refractivity contribution in [1.29, 1.82) is 0 Å². The Labute approximate surface area is 81.1 Å². The van der Waals surface area contributed by atoms with Gasteiger partial charge in [-0.3, -0.25) is 4.79 Å². The van der Waals surface area contributed by atoms with Crippen LogP contribution >= 0.6 is 0 Å². The standard InChI is InChI=1S/C11H21NO/c1-4-9-6-5-7-10(9)12-11(13)8(2)3/h8-10H,4-7H2,1-3H3,(H,12,13)/t9-,10+/m0/s1. The van der Waals surface area contributed by atoms with Crippen molar-refractivity contribution in [1.82, 2.24) is 5.32 Å². The number of carbonyl (C=O) groups excluding carboxylic acids is 1. The number of nitrogens with one attached hydrogen (secondary N) is 1. The minimum absolute atomic E-state index is 0.123. The molecule has 1 aliphatic carbocycles. The fourth-order valence-corrected chi connectivity index (χ4v) is 2.06. The molecule has 0 heterocycles. The summed E-state index contributed by atoms with van der Waals surface area (Å²) in [6.45, 7) is 6.11. The van der Waals surface area contributed by atoms with E-state index in [0.717, 1.165) is 5.92 Å². The Morgan fingerprint density at radius 2 is 2.15 bits per heavy atom. The zero-order valence-electron chi connectivity index (χ0n) is 8.97. The quantitative estimate of drug-likeness (QED) is 0.715. The molecule has 0 saturated heterocycles. The zero-order valence-corrected chi connectivity index (χ0v) is 8.97. The Morgan fingerprint density at radius 3 is 2.69 bits per heavy atom. The van der Waals surface area contributed by atoms with Crippen LogP contribution in [0, 0.1) is 11.8 Å². The fraction of sp³-hybridized carbons (Fsp3) is 0.909. The van der Waals surface area contributed by atoms with Crippen molar-refractivity contribution in [3.63, 3.8) is 0 Å². The molecule has 0 aliphatic heterocycles. The summed E-state index contributed by atoms with van der Waals surface area (Å²) in [5.74, 6) is 1.06. The molecule has 0 radical (unpaired) electrons. The van der Waals surface area contributed by atoms with Crippen LogP contribution in [0.1, 0.15) is 46.5 Å². The van der Waals surface area contributed by atoms with Crippen LogP contribution in [-0.2, 0) is 4.79 Å². The van der Waals surface area contributed by atoms with E-state index >= 15 is 0 Å². The normalized spacial score (nSPS) is 28.0. The van der Waals surface area contributed by atoms with Crippen LogP contribution in [0.5, 0.6) is 0 Å². The highest BCUT2D eigenvalue weighted by atomic mass is 16.1. The molecule has 1 fully saturated rings. The molecule has 76 valence electrons. The third-order valence-electron chi connectivity index (χ3n) is 3.04. The van der Waals surface area contributed by atoms with Gasteiger partial charge in [-0.05, 0) is 18.8 Å². The first kappa shape index (κ1) is 10.6. The maximum Gasteiger partial charge on any atom is 0.222 e. The molecule has 13 heavy (non-hydrogen) atoms. The lowest BCUT2D eigenvalue weighted by Crippen LogP contribution is -2.39. The van der Waals surface area contributed by atoms with Gasteiger partial charge in [0.15, 0.2) is 0 Å². The Kier molecular flexibility index (Phi) is 3.76. The maximum absolute atomic E-state index is 11.4. The van der Waals surface area contributed by atoms with E-state index in [1.54, 1.807) is 0 Å². The van der Waals surface area contributed by atoms with Gasteiger partial charge in [-0.2, -0.15) is 0 Å².